The Morgan fingerprint density at radius 1 is 1.24 bits per heavy atom. The zero-order valence-corrected chi connectivity index (χ0v) is 14.2. The van der Waals surface area contributed by atoms with Gasteiger partial charge in [0.05, 0.1) is 24.2 Å². The van der Waals surface area contributed by atoms with Crippen molar-refractivity contribution in [3.05, 3.63) is 48.0 Å². The van der Waals surface area contributed by atoms with E-state index in [9.17, 15) is 19.2 Å². The SMILES string of the molecule is C=CCN(CC(C)C(=O)OC)C(=O)CN1C(=O)c2ccccc2C1=O. The molecule has 1 aromatic rings. The second kappa shape index (κ2) is 7.74. The zero-order chi connectivity index (χ0) is 18.6. The smallest absolute Gasteiger partial charge is 0.310 e. The molecule has 7 heteroatoms. The maximum Gasteiger partial charge on any atom is 0.310 e. The number of esters is 1. The molecule has 0 fully saturated rings. The first-order chi connectivity index (χ1) is 11.9. The molecule has 1 heterocycles. The lowest BCUT2D eigenvalue weighted by Crippen LogP contribution is -2.45. The molecule has 1 atom stereocenters. The number of amides is 3. The maximum absolute atomic E-state index is 12.6. The molecule has 1 aromatic carbocycles. The number of ether oxygens (including phenoxy) is 1. The van der Waals surface area contributed by atoms with E-state index in [2.05, 4.69) is 11.3 Å². The number of hydrogen-bond acceptors (Lipinski definition) is 5. The van der Waals surface area contributed by atoms with Crippen LogP contribution in [-0.2, 0) is 14.3 Å². The van der Waals surface area contributed by atoms with Crippen molar-refractivity contribution in [1.29, 1.82) is 0 Å². The molecule has 0 bridgehead atoms. The van der Waals surface area contributed by atoms with E-state index >= 15 is 0 Å². The Morgan fingerprint density at radius 3 is 2.28 bits per heavy atom. The Morgan fingerprint density at radius 2 is 1.80 bits per heavy atom. The number of nitrogens with zero attached hydrogens (tertiary/aromatic N) is 2. The summed E-state index contributed by atoms with van der Waals surface area (Å²) in [6, 6.07) is 6.44. The summed E-state index contributed by atoms with van der Waals surface area (Å²) in [6.45, 7) is 5.16. The molecule has 0 aromatic heterocycles. The summed E-state index contributed by atoms with van der Waals surface area (Å²) in [5, 5.41) is 0. The Bertz CT molecular complexity index is 693. The van der Waals surface area contributed by atoms with Gasteiger partial charge < -0.3 is 9.64 Å². The highest BCUT2D eigenvalue weighted by atomic mass is 16.5. The molecular weight excluding hydrogens is 324 g/mol. The van der Waals surface area contributed by atoms with E-state index in [1.165, 1.54) is 18.1 Å². The van der Waals surface area contributed by atoms with Crippen LogP contribution in [-0.4, -0.2) is 60.2 Å². The molecule has 0 saturated carbocycles. The average Bonchev–Trinajstić information content (AvgIpc) is 2.85. The van der Waals surface area contributed by atoms with Crippen LogP contribution < -0.4 is 0 Å². The third kappa shape index (κ3) is 3.76. The van der Waals surface area contributed by atoms with Gasteiger partial charge in [-0.25, -0.2) is 0 Å². The molecule has 1 aliphatic rings. The van der Waals surface area contributed by atoms with E-state index in [1.54, 1.807) is 31.2 Å². The lowest BCUT2D eigenvalue weighted by atomic mass is 10.1. The fourth-order valence-corrected chi connectivity index (χ4v) is 2.66. The van der Waals surface area contributed by atoms with Gasteiger partial charge >= 0.3 is 5.97 Å². The van der Waals surface area contributed by atoms with E-state index in [0.717, 1.165) is 4.90 Å². The van der Waals surface area contributed by atoms with Crippen molar-refractivity contribution in [1.82, 2.24) is 9.80 Å². The molecule has 0 aliphatic carbocycles. The summed E-state index contributed by atoms with van der Waals surface area (Å²) in [5.41, 5.74) is 0.581. The second-order valence-electron chi connectivity index (χ2n) is 5.75. The number of hydrogen-bond donors (Lipinski definition) is 0. The van der Waals surface area contributed by atoms with Crippen LogP contribution in [0.3, 0.4) is 0 Å². The van der Waals surface area contributed by atoms with Crippen LogP contribution in [0.1, 0.15) is 27.6 Å². The molecule has 0 spiro atoms. The topological polar surface area (TPSA) is 84.0 Å². The number of fused-ring (bicyclic) bond motifs is 1. The van der Waals surface area contributed by atoms with Gasteiger partial charge in [0.15, 0.2) is 0 Å². The Balaban J connectivity index is 2.11. The van der Waals surface area contributed by atoms with Crippen molar-refractivity contribution in [2.24, 2.45) is 5.92 Å². The van der Waals surface area contributed by atoms with Crippen molar-refractivity contribution in [2.75, 3.05) is 26.7 Å². The van der Waals surface area contributed by atoms with Crippen LogP contribution in [0.25, 0.3) is 0 Å². The highest BCUT2D eigenvalue weighted by Gasteiger charge is 2.37. The molecule has 1 unspecified atom stereocenters. The van der Waals surface area contributed by atoms with Gasteiger partial charge in [-0.05, 0) is 12.1 Å². The Hall–Kier alpha value is -2.96. The van der Waals surface area contributed by atoms with Crippen LogP contribution in [0.2, 0.25) is 0 Å². The summed E-state index contributed by atoms with van der Waals surface area (Å²) in [7, 11) is 1.28. The van der Waals surface area contributed by atoms with Crippen LogP contribution >= 0.6 is 0 Å². The molecule has 2 rings (SSSR count). The van der Waals surface area contributed by atoms with Crippen molar-refractivity contribution in [3.63, 3.8) is 0 Å². The van der Waals surface area contributed by atoms with E-state index < -0.39 is 29.6 Å². The first kappa shape index (κ1) is 18.4. The molecule has 1 aliphatic heterocycles. The highest BCUT2D eigenvalue weighted by Crippen LogP contribution is 2.22. The van der Waals surface area contributed by atoms with Crippen molar-refractivity contribution >= 4 is 23.7 Å². The van der Waals surface area contributed by atoms with Gasteiger partial charge in [0.1, 0.15) is 6.54 Å². The largest absolute Gasteiger partial charge is 0.469 e. The summed E-state index contributed by atoms with van der Waals surface area (Å²) in [4.78, 5) is 51.1. The Kier molecular flexibility index (Phi) is 5.69. The average molecular weight is 344 g/mol. The van der Waals surface area contributed by atoms with Crippen LogP contribution in [0.4, 0.5) is 0 Å². The first-order valence-electron chi connectivity index (χ1n) is 7.82. The molecule has 0 radical (unpaired) electrons. The predicted molar refractivity (Wildman–Crippen MR) is 89.8 cm³/mol. The molecule has 3 amide bonds. The van der Waals surface area contributed by atoms with Gasteiger partial charge in [0.2, 0.25) is 5.91 Å². The Labute approximate surface area is 145 Å². The van der Waals surface area contributed by atoms with Gasteiger partial charge in [-0.2, -0.15) is 0 Å². The van der Waals surface area contributed by atoms with Crippen LogP contribution in [0, 0.1) is 5.92 Å². The van der Waals surface area contributed by atoms with E-state index in [0.29, 0.717) is 11.1 Å². The van der Waals surface area contributed by atoms with Crippen molar-refractivity contribution in [3.8, 4) is 0 Å². The predicted octanol–water partition coefficient (Wildman–Crippen LogP) is 1.11. The number of imide groups is 1. The lowest BCUT2D eigenvalue weighted by Gasteiger charge is -2.25. The number of benzene rings is 1. The molecule has 132 valence electrons. The summed E-state index contributed by atoms with van der Waals surface area (Å²) in [5.74, 6) is -2.40. The number of rotatable bonds is 7. The third-order valence-electron chi connectivity index (χ3n) is 3.97. The van der Waals surface area contributed by atoms with Crippen molar-refractivity contribution in [2.45, 2.75) is 6.92 Å². The van der Waals surface area contributed by atoms with Gasteiger partial charge in [0, 0.05) is 13.1 Å². The fraction of sp³-hybridized carbons (Fsp3) is 0.333. The van der Waals surface area contributed by atoms with Crippen LogP contribution in [0.5, 0.6) is 0 Å². The summed E-state index contributed by atoms with van der Waals surface area (Å²) in [6.07, 6.45) is 1.52. The van der Waals surface area contributed by atoms with Gasteiger partial charge in [-0.3, -0.25) is 24.1 Å². The zero-order valence-electron chi connectivity index (χ0n) is 14.2. The number of carbonyl (C=O) groups is 4. The molecular formula is C18H20N2O5. The quantitative estimate of drug-likeness (QED) is 0.420. The molecule has 7 nitrogen and oxygen atoms in total. The summed E-state index contributed by atoms with van der Waals surface area (Å²) >= 11 is 0. The monoisotopic (exact) mass is 344 g/mol. The lowest BCUT2D eigenvalue weighted by molar-refractivity contribution is -0.146. The molecule has 25 heavy (non-hydrogen) atoms. The van der Waals surface area contributed by atoms with E-state index in [4.69, 9.17) is 0 Å². The van der Waals surface area contributed by atoms with Crippen LogP contribution in [0.15, 0.2) is 36.9 Å². The summed E-state index contributed by atoms with van der Waals surface area (Å²) < 4.78 is 4.66. The molecule has 0 N–H and O–H groups in total. The highest BCUT2D eigenvalue weighted by molar-refractivity contribution is 6.22. The third-order valence-corrected chi connectivity index (χ3v) is 3.97. The molecule has 0 saturated heterocycles. The van der Waals surface area contributed by atoms with Gasteiger partial charge in [-0.15, -0.1) is 6.58 Å². The second-order valence-corrected chi connectivity index (χ2v) is 5.75. The number of carbonyl (C=O) groups excluding carboxylic acids is 4. The maximum atomic E-state index is 12.6. The van der Waals surface area contributed by atoms with Gasteiger partial charge in [0.25, 0.3) is 11.8 Å². The number of methoxy groups -OCH3 is 1. The van der Waals surface area contributed by atoms with E-state index in [-0.39, 0.29) is 19.6 Å². The standard InChI is InChI=1S/C18H20N2O5/c1-4-9-19(10-12(2)18(24)25-3)15(21)11-20-16(22)13-7-5-6-8-14(13)17(20)23/h4-8,12H,1,9-11H2,2-3H3. The first-order valence-corrected chi connectivity index (χ1v) is 7.82. The minimum atomic E-state index is -0.531. The fourth-order valence-electron chi connectivity index (χ4n) is 2.66. The minimum Gasteiger partial charge on any atom is -0.469 e. The van der Waals surface area contributed by atoms with Crippen molar-refractivity contribution < 1.29 is 23.9 Å². The van der Waals surface area contributed by atoms with E-state index in [1.807, 2.05) is 0 Å². The normalized spacial score (nSPS) is 14.1. The minimum absolute atomic E-state index is 0.112. The van der Waals surface area contributed by atoms with Gasteiger partial charge in [-0.1, -0.05) is 25.1 Å².